The van der Waals surface area contributed by atoms with Crippen LogP contribution in [0.4, 0.5) is 5.82 Å². The Bertz CT molecular complexity index is 1230. The van der Waals surface area contributed by atoms with Crippen molar-refractivity contribution in [1.29, 1.82) is 5.26 Å². The summed E-state index contributed by atoms with van der Waals surface area (Å²) in [6, 6.07) is 29.7. The van der Waals surface area contributed by atoms with Crippen molar-refractivity contribution in [1.82, 2.24) is 4.98 Å². The van der Waals surface area contributed by atoms with Crippen LogP contribution in [0.1, 0.15) is 24.5 Å². The van der Waals surface area contributed by atoms with Gasteiger partial charge in [-0.05, 0) is 47.9 Å². The van der Waals surface area contributed by atoms with E-state index in [9.17, 15) is 5.26 Å². The maximum absolute atomic E-state index is 9.72. The van der Waals surface area contributed by atoms with Gasteiger partial charge in [-0.3, -0.25) is 0 Å². The summed E-state index contributed by atoms with van der Waals surface area (Å²) in [5, 5.41) is 9.72. The lowest BCUT2D eigenvalue weighted by Crippen LogP contribution is -2.00. The number of aryl methyl sites for hydroxylation is 1. The topological polar surface area (TPSA) is 71.9 Å². The van der Waals surface area contributed by atoms with Gasteiger partial charge in [-0.15, -0.1) is 0 Å². The van der Waals surface area contributed by atoms with E-state index in [2.05, 4.69) is 42.2 Å². The van der Waals surface area contributed by atoms with Crippen molar-refractivity contribution in [3.8, 4) is 40.0 Å². The third-order valence-corrected chi connectivity index (χ3v) is 5.07. The molecule has 0 aliphatic carbocycles. The number of para-hydroxylation sites is 1. The summed E-state index contributed by atoms with van der Waals surface area (Å²) in [5.74, 6) is 1.66. The first-order chi connectivity index (χ1) is 15.2. The van der Waals surface area contributed by atoms with Crippen LogP contribution in [0.3, 0.4) is 0 Å². The van der Waals surface area contributed by atoms with E-state index in [1.165, 1.54) is 5.56 Å². The van der Waals surface area contributed by atoms with E-state index < -0.39 is 0 Å². The highest BCUT2D eigenvalue weighted by Crippen LogP contribution is 2.34. The van der Waals surface area contributed by atoms with Crippen LogP contribution in [-0.4, -0.2) is 4.98 Å². The van der Waals surface area contributed by atoms with Crippen molar-refractivity contribution in [2.75, 3.05) is 5.73 Å². The molecule has 2 N–H and O–H groups in total. The first kappa shape index (κ1) is 20.2. The van der Waals surface area contributed by atoms with Gasteiger partial charge in [0, 0.05) is 11.1 Å². The molecule has 4 nitrogen and oxygen atoms in total. The van der Waals surface area contributed by atoms with E-state index in [-0.39, 0.29) is 5.82 Å². The molecule has 1 aromatic heterocycles. The standard InChI is InChI=1S/C27H23N3O/c1-2-7-19-12-14-20(15-13-19)26-17-24(25(18-28)27(29)30-26)21-8-6-11-23(16-21)31-22-9-4-3-5-10-22/h3-6,8-17H,2,7H2,1H3,(H2,29,30). The summed E-state index contributed by atoms with van der Waals surface area (Å²) >= 11 is 0. The molecule has 4 aromatic rings. The third-order valence-electron chi connectivity index (χ3n) is 5.07. The van der Waals surface area contributed by atoms with Crippen molar-refractivity contribution in [2.45, 2.75) is 19.8 Å². The van der Waals surface area contributed by atoms with Gasteiger partial charge in [-0.1, -0.05) is 67.9 Å². The van der Waals surface area contributed by atoms with E-state index in [1.807, 2.05) is 60.7 Å². The molecule has 4 heteroatoms. The maximum Gasteiger partial charge on any atom is 0.142 e. The fourth-order valence-corrected chi connectivity index (χ4v) is 3.54. The Morgan fingerprint density at radius 3 is 2.32 bits per heavy atom. The summed E-state index contributed by atoms with van der Waals surface area (Å²) < 4.78 is 5.97. The Hall–Kier alpha value is -4.10. The molecule has 0 bridgehead atoms. The number of pyridine rings is 1. The number of nitriles is 1. The van der Waals surface area contributed by atoms with E-state index in [4.69, 9.17) is 10.5 Å². The highest BCUT2D eigenvalue weighted by atomic mass is 16.5. The second kappa shape index (κ2) is 9.15. The minimum atomic E-state index is 0.224. The van der Waals surface area contributed by atoms with Crippen LogP contribution in [0, 0.1) is 11.3 Å². The fraction of sp³-hybridized carbons (Fsp3) is 0.111. The summed E-state index contributed by atoms with van der Waals surface area (Å²) in [7, 11) is 0. The lowest BCUT2D eigenvalue weighted by Gasteiger charge is -2.12. The molecule has 0 fully saturated rings. The lowest BCUT2D eigenvalue weighted by atomic mass is 9.97. The molecule has 4 rings (SSSR count). The van der Waals surface area contributed by atoms with Gasteiger partial charge in [0.15, 0.2) is 0 Å². The van der Waals surface area contributed by atoms with E-state index in [0.29, 0.717) is 11.3 Å². The third kappa shape index (κ3) is 4.57. The Morgan fingerprint density at radius 1 is 0.871 bits per heavy atom. The van der Waals surface area contributed by atoms with Gasteiger partial charge in [0.25, 0.3) is 0 Å². The zero-order valence-corrected chi connectivity index (χ0v) is 17.4. The van der Waals surface area contributed by atoms with Crippen molar-refractivity contribution in [3.63, 3.8) is 0 Å². The van der Waals surface area contributed by atoms with Crippen LogP contribution in [0.15, 0.2) is 84.9 Å². The number of rotatable bonds is 6. The molecule has 0 saturated heterocycles. The number of hydrogen-bond donors (Lipinski definition) is 1. The Morgan fingerprint density at radius 2 is 1.61 bits per heavy atom. The van der Waals surface area contributed by atoms with E-state index in [1.54, 1.807) is 0 Å². The van der Waals surface area contributed by atoms with Crippen LogP contribution < -0.4 is 10.5 Å². The maximum atomic E-state index is 9.72. The summed E-state index contributed by atoms with van der Waals surface area (Å²) in [5.41, 5.74) is 11.1. The predicted octanol–water partition coefficient (Wildman–Crippen LogP) is 6.61. The Labute approximate surface area is 182 Å². The zero-order valence-electron chi connectivity index (χ0n) is 17.4. The average molecular weight is 406 g/mol. The molecule has 0 spiro atoms. The molecule has 0 aliphatic rings. The van der Waals surface area contributed by atoms with E-state index in [0.717, 1.165) is 41.0 Å². The molecule has 31 heavy (non-hydrogen) atoms. The van der Waals surface area contributed by atoms with Crippen LogP contribution in [0.2, 0.25) is 0 Å². The molecule has 3 aromatic carbocycles. The number of hydrogen-bond acceptors (Lipinski definition) is 4. The van der Waals surface area contributed by atoms with Crippen molar-refractivity contribution >= 4 is 5.82 Å². The van der Waals surface area contributed by atoms with Gasteiger partial charge in [0.2, 0.25) is 0 Å². The van der Waals surface area contributed by atoms with Gasteiger partial charge in [0.1, 0.15) is 28.9 Å². The second-order valence-electron chi connectivity index (χ2n) is 7.32. The number of ether oxygens (including phenoxy) is 1. The highest BCUT2D eigenvalue weighted by molar-refractivity contribution is 5.80. The molecule has 0 atom stereocenters. The van der Waals surface area contributed by atoms with Gasteiger partial charge < -0.3 is 10.5 Å². The summed E-state index contributed by atoms with van der Waals surface area (Å²) in [6.07, 6.45) is 2.15. The van der Waals surface area contributed by atoms with Gasteiger partial charge in [-0.2, -0.15) is 5.26 Å². The molecular weight excluding hydrogens is 382 g/mol. The number of nitrogen functional groups attached to an aromatic ring is 1. The monoisotopic (exact) mass is 405 g/mol. The van der Waals surface area contributed by atoms with Gasteiger partial charge in [0.05, 0.1) is 5.69 Å². The number of anilines is 1. The van der Waals surface area contributed by atoms with Crippen molar-refractivity contribution < 1.29 is 4.74 Å². The lowest BCUT2D eigenvalue weighted by molar-refractivity contribution is 0.483. The SMILES string of the molecule is CCCc1ccc(-c2cc(-c3cccc(Oc4ccccc4)c3)c(C#N)c(N)n2)cc1. The minimum Gasteiger partial charge on any atom is -0.457 e. The quantitative estimate of drug-likeness (QED) is 0.391. The van der Waals surface area contributed by atoms with E-state index >= 15 is 0 Å². The molecule has 1 heterocycles. The first-order valence-electron chi connectivity index (χ1n) is 10.3. The molecule has 0 saturated carbocycles. The van der Waals surface area contributed by atoms with Crippen molar-refractivity contribution in [2.24, 2.45) is 0 Å². The molecule has 0 aliphatic heterocycles. The molecule has 0 amide bonds. The minimum absolute atomic E-state index is 0.224. The second-order valence-corrected chi connectivity index (χ2v) is 7.32. The molecular formula is C27H23N3O. The fourth-order valence-electron chi connectivity index (χ4n) is 3.54. The smallest absolute Gasteiger partial charge is 0.142 e. The Kier molecular flexibility index (Phi) is 5.96. The Balaban J connectivity index is 1.74. The number of benzene rings is 3. The highest BCUT2D eigenvalue weighted by Gasteiger charge is 2.14. The predicted molar refractivity (Wildman–Crippen MR) is 125 cm³/mol. The summed E-state index contributed by atoms with van der Waals surface area (Å²) in [6.45, 7) is 2.17. The van der Waals surface area contributed by atoms with Crippen LogP contribution >= 0.6 is 0 Å². The average Bonchev–Trinajstić information content (AvgIpc) is 2.80. The van der Waals surface area contributed by atoms with Crippen molar-refractivity contribution in [3.05, 3.63) is 96.1 Å². The zero-order chi connectivity index (χ0) is 21.6. The van der Waals surface area contributed by atoms with Gasteiger partial charge >= 0.3 is 0 Å². The largest absolute Gasteiger partial charge is 0.457 e. The summed E-state index contributed by atoms with van der Waals surface area (Å²) in [4.78, 5) is 4.49. The van der Waals surface area contributed by atoms with Gasteiger partial charge in [-0.25, -0.2) is 4.98 Å². The number of nitrogens with two attached hydrogens (primary N) is 1. The first-order valence-corrected chi connectivity index (χ1v) is 10.3. The molecule has 0 unspecified atom stereocenters. The molecule has 0 radical (unpaired) electrons. The van der Waals surface area contributed by atoms with Crippen LogP contribution in [0.5, 0.6) is 11.5 Å². The van der Waals surface area contributed by atoms with Crippen LogP contribution in [0.25, 0.3) is 22.4 Å². The van der Waals surface area contributed by atoms with Crippen LogP contribution in [-0.2, 0) is 6.42 Å². The number of aromatic nitrogens is 1. The number of nitrogens with zero attached hydrogens (tertiary/aromatic N) is 2. The molecule has 152 valence electrons. The normalized spacial score (nSPS) is 10.5.